The second kappa shape index (κ2) is 6.38. The van der Waals surface area contributed by atoms with Gasteiger partial charge in [-0.3, -0.25) is 14.6 Å². The Kier molecular flexibility index (Phi) is 4.49. The maximum atomic E-state index is 12.0. The van der Waals surface area contributed by atoms with E-state index in [4.69, 9.17) is 0 Å². The molecule has 22 heavy (non-hydrogen) atoms. The normalized spacial score (nSPS) is 28.3. The smallest absolute Gasteiger partial charge is 0.222 e. The fourth-order valence-electron chi connectivity index (χ4n) is 3.71. The van der Waals surface area contributed by atoms with E-state index in [1.807, 2.05) is 30.7 Å². The summed E-state index contributed by atoms with van der Waals surface area (Å²) >= 11 is 0. The molecule has 3 heterocycles. The summed E-state index contributed by atoms with van der Waals surface area (Å²) in [7, 11) is 4.16. The van der Waals surface area contributed by atoms with Gasteiger partial charge in [0, 0.05) is 70.7 Å². The van der Waals surface area contributed by atoms with Crippen molar-refractivity contribution < 1.29 is 4.79 Å². The largest absolute Gasteiger partial charge is 0.346 e. The highest BCUT2D eigenvalue weighted by atomic mass is 16.2. The molecule has 0 bridgehead atoms. The van der Waals surface area contributed by atoms with Crippen molar-refractivity contribution in [2.75, 3.05) is 46.8 Å². The van der Waals surface area contributed by atoms with E-state index in [1.54, 1.807) is 0 Å². The third kappa shape index (κ3) is 3.17. The number of likely N-dealkylation sites (N-methyl/N-ethyl adjacent to an activating group) is 1. The third-order valence-electron chi connectivity index (χ3n) is 5.46. The van der Waals surface area contributed by atoms with Crippen LogP contribution in [0, 0.1) is 0 Å². The predicted octanol–water partition coefficient (Wildman–Crippen LogP) is 0.512. The maximum Gasteiger partial charge on any atom is 0.222 e. The van der Waals surface area contributed by atoms with E-state index in [2.05, 4.69) is 26.4 Å². The molecule has 0 aromatic carbocycles. The molecule has 1 aromatic heterocycles. The van der Waals surface area contributed by atoms with Gasteiger partial charge in [0.05, 0.1) is 6.33 Å². The van der Waals surface area contributed by atoms with Crippen LogP contribution in [0.1, 0.15) is 19.3 Å². The second-order valence-corrected chi connectivity index (χ2v) is 6.79. The van der Waals surface area contributed by atoms with Gasteiger partial charge in [0.2, 0.25) is 5.91 Å². The molecule has 0 radical (unpaired) electrons. The van der Waals surface area contributed by atoms with Crippen molar-refractivity contribution in [3.8, 4) is 0 Å². The number of hydrogen-bond donors (Lipinski definition) is 0. The molecular formula is C16H27N5O. The fraction of sp³-hybridized carbons (Fsp3) is 0.750. The van der Waals surface area contributed by atoms with Crippen LogP contribution in [-0.2, 0) is 11.3 Å². The van der Waals surface area contributed by atoms with Gasteiger partial charge in [-0.05, 0) is 19.9 Å². The minimum absolute atomic E-state index is 0.160. The number of nitrogens with zero attached hydrogens (tertiary/aromatic N) is 5. The molecule has 0 N–H and O–H groups in total. The lowest BCUT2D eigenvalue weighted by atomic mass is 9.86. The molecular weight excluding hydrogens is 278 g/mol. The van der Waals surface area contributed by atoms with Crippen LogP contribution >= 0.6 is 0 Å². The molecule has 1 atom stereocenters. The molecule has 0 unspecified atom stereocenters. The van der Waals surface area contributed by atoms with Gasteiger partial charge in [-0.25, -0.2) is 4.98 Å². The number of piperazine rings is 1. The van der Waals surface area contributed by atoms with Crippen molar-refractivity contribution >= 4 is 5.91 Å². The zero-order chi connectivity index (χ0) is 15.6. The van der Waals surface area contributed by atoms with E-state index >= 15 is 0 Å². The van der Waals surface area contributed by atoms with Gasteiger partial charge in [0.1, 0.15) is 0 Å². The lowest BCUT2D eigenvalue weighted by Crippen LogP contribution is -2.61. The molecule has 1 aromatic rings. The molecule has 2 aliphatic heterocycles. The number of hydrogen-bond acceptors (Lipinski definition) is 4. The number of rotatable bonds is 3. The Hall–Kier alpha value is -1.40. The molecule has 2 aliphatic rings. The van der Waals surface area contributed by atoms with Crippen molar-refractivity contribution in [3.63, 3.8) is 0 Å². The van der Waals surface area contributed by atoms with Gasteiger partial charge < -0.3 is 9.47 Å². The van der Waals surface area contributed by atoms with Crippen LogP contribution in [-0.4, -0.2) is 82.5 Å². The van der Waals surface area contributed by atoms with E-state index in [-0.39, 0.29) is 5.54 Å². The van der Waals surface area contributed by atoms with E-state index in [9.17, 15) is 4.79 Å². The highest BCUT2D eigenvalue weighted by molar-refractivity contribution is 5.76. The van der Waals surface area contributed by atoms with Crippen molar-refractivity contribution in [3.05, 3.63) is 18.7 Å². The quantitative estimate of drug-likeness (QED) is 0.816. The third-order valence-corrected chi connectivity index (χ3v) is 5.46. The Labute approximate surface area is 132 Å². The van der Waals surface area contributed by atoms with Gasteiger partial charge in [0.25, 0.3) is 0 Å². The Morgan fingerprint density at radius 3 is 2.82 bits per heavy atom. The average Bonchev–Trinajstić information content (AvgIpc) is 3.00. The Bertz CT molecular complexity index is 503. The van der Waals surface area contributed by atoms with Crippen LogP contribution in [0.3, 0.4) is 0 Å². The number of imidazole rings is 1. The zero-order valence-electron chi connectivity index (χ0n) is 13.7. The van der Waals surface area contributed by atoms with Gasteiger partial charge in [-0.2, -0.15) is 0 Å². The Morgan fingerprint density at radius 2 is 2.05 bits per heavy atom. The molecule has 3 rings (SSSR count). The minimum atomic E-state index is 0.160. The second-order valence-electron chi connectivity index (χ2n) is 6.79. The molecule has 0 saturated carbocycles. The van der Waals surface area contributed by atoms with Crippen molar-refractivity contribution in [2.45, 2.75) is 31.3 Å². The van der Waals surface area contributed by atoms with E-state index in [0.29, 0.717) is 12.3 Å². The van der Waals surface area contributed by atoms with Gasteiger partial charge >= 0.3 is 0 Å². The molecule has 1 amide bonds. The minimum Gasteiger partial charge on any atom is -0.346 e. The summed E-state index contributed by atoms with van der Waals surface area (Å²) in [5.74, 6) is 0.292. The van der Waals surface area contributed by atoms with Gasteiger partial charge in [-0.15, -0.1) is 0 Å². The first-order chi connectivity index (χ1) is 10.6. The number of likely N-dealkylation sites (tertiary alicyclic amines) is 1. The topological polar surface area (TPSA) is 44.6 Å². The van der Waals surface area contributed by atoms with E-state index in [1.165, 1.54) is 0 Å². The molecule has 122 valence electrons. The Morgan fingerprint density at radius 1 is 1.18 bits per heavy atom. The monoisotopic (exact) mass is 305 g/mol. The summed E-state index contributed by atoms with van der Waals surface area (Å²) in [4.78, 5) is 23.0. The van der Waals surface area contributed by atoms with Crippen LogP contribution in [0.25, 0.3) is 0 Å². The lowest BCUT2D eigenvalue weighted by Gasteiger charge is -2.49. The van der Waals surface area contributed by atoms with Crippen LogP contribution in [0.15, 0.2) is 18.7 Å². The zero-order valence-corrected chi connectivity index (χ0v) is 13.7. The first kappa shape index (κ1) is 15.5. The first-order valence-electron chi connectivity index (χ1n) is 8.22. The van der Waals surface area contributed by atoms with Crippen LogP contribution in [0.4, 0.5) is 0 Å². The van der Waals surface area contributed by atoms with Crippen molar-refractivity contribution in [2.24, 2.45) is 0 Å². The number of carbonyl (C=O) groups excluding carboxylic acids is 1. The summed E-state index contributed by atoms with van der Waals surface area (Å²) in [6.45, 7) is 6.17. The van der Waals surface area contributed by atoms with E-state index in [0.717, 1.165) is 52.1 Å². The van der Waals surface area contributed by atoms with Crippen molar-refractivity contribution in [1.29, 1.82) is 0 Å². The molecule has 6 nitrogen and oxygen atoms in total. The van der Waals surface area contributed by atoms with E-state index < -0.39 is 0 Å². The summed E-state index contributed by atoms with van der Waals surface area (Å²) in [5.41, 5.74) is 0.160. The molecule has 2 fully saturated rings. The lowest BCUT2D eigenvalue weighted by molar-refractivity contribution is -0.129. The van der Waals surface area contributed by atoms with Crippen LogP contribution in [0.5, 0.6) is 0 Å². The summed E-state index contributed by atoms with van der Waals surface area (Å²) in [6, 6.07) is 0. The Balaban J connectivity index is 1.63. The number of aromatic nitrogens is 2. The fourth-order valence-corrected chi connectivity index (χ4v) is 3.71. The highest BCUT2D eigenvalue weighted by Gasteiger charge is 2.41. The predicted molar refractivity (Wildman–Crippen MR) is 85.5 cm³/mol. The average molecular weight is 305 g/mol. The summed E-state index contributed by atoms with van der Waals surface area (Å²) < 4.78 is 2.13. The molecule has 6 heteroatoms. The summed E-state index contributed by atoms with van der Waals surface area (Å²) in [6.07, 6.45) is 8.46. The highest BCUT2D eigenvalue weighted by Crippen LogP contribution is 2.31. The SMILES string of the molecule is CN1CC[C@]2(CCC1=O)CN(CCn1ccnc1)CCN2C. The first-order valence-corrected chi connectivity index (χ1v) is 8.22. The molecule has 2 saturated heterocycles. The van der Waals surface area contributed by atoms with Crippen LogP contribution < -0.4 is 0 Å². The standard InChI is InChI=1S/C16H27N5O/c1-18-7-5-16(4-3-15(18)22)13-20(10-9-19(16)2)11-12-21-8-6-17-14-21/h6,8,14H,3-5,7,9-13H2,1-2H3/t16-/m1/s1. The number of carbonyl (C=O) groups is 1. The summed E-state index contributed by atoms with van der Waals surface area (Å²) in [5, 5.41) is 0. The van der Waals surface area contributed by atoms with Crippen molar-refractivity contribution in [1.82, 2.24) is 24.3 Å². The van der Waals surface area contributed by atoms with Gasteiger partial charge in [0.15, 0.2) is 0 Å². The molecule has 1 spiro atoms. The van der Waals surface area contributed by atoms with Crippen LogP contribution in [0.2, 0.25) is 0 Å². The number of amides is 1. The molecule has 0 aliphatic carbocycles. The van der Waals surface area contributed by atoms with Gasteiger partial charge in [-0.1, -0.05) is 0 Å². The maximum absolute atomic E-state index is 12.0.